The van der Waals surface area contributed by atoms with Crippen molar-refractivity contribution >= 4 is 11.7 Å². The minimum absolute atomic E-state index is 0.147. The quantitative estimate of drug-likeness (QED) is 0.334. The third kappa shape index (κ3) is 2.27. The Bertz CT molecular complexity index is 484. The van der Waals surface area contributed by atoms with Gasteiger partial charge in [0.2, 0.25) is 5.75 Å². The monoisotopic (exact) mass is 239 g/mol. The summed E-state index contributed by atoms with van der Waals surface area (Å²) >= 11 is 0. The highest BCUT2D eigenvalue weighted by molar-refractivity contribution is 5.72. The number of hydrogen-bond acceptors (Lipinski definition) is 6. The Morgan fingerprint density at radius 3 is 2.47 bits per heavy atom. The molecule has 0 atom stereocenters. The van der Waals surface area contributed by atoms with E-state index in [2.05, 4.69) is 0 Å². The van der Waals surface area contributed by atoms with Crippen LogP contribution in [0.4, 0.5) is 5.69 Å². The van der Waals surface area contributed by atoms with Crippen LogP contribution in [-0.4, -0.2) is 24.1 Å². The smallest absolute Gasteiger partial charge is 0.315 e. The molecule has 0 amide bonds. The number of nitro groups is 1. The average Bonchev–Trinajstić information content (AvgIpc) is 2.27. The van der Waals surface area contributed by atoms with E-state index < -0.39 is 10.9 Å². The van der Waals surface area contributed by atoms with Gasteiger partial charge in [-0.3, -0.25) is 14.9 Å². The van der Waals surface area contributed by atoms with Crippen LogP contribution in [0.2, 0.25) is 0 Å². The molecule has 1 aromatic rings. The summed E-state index contributed by atoms with van der Waals surface area (Å²) in [5.41, 5.74) is -0.329. The van der Waals surface area contributed by atoms with Crippen molar-refractivity contribution < 1.29 is 23.9 Å². The number of hydrogen-bond donors (Lipinski definition) is 0. The third-order valence-corrected chi connectivity index (χ3v) is 2.07. The van der Waals surface area contributed by atoms with Crippen molar-refractivity contribution in [2.24, 2.45) is 0 Å². The first-order chi connectivity index (χ1) is 8.08. The summed E-state index contributed by atoms with van der Waals surface area (Å²) in [6, 6.07) is 2.47. The number of nitrogens with zero attached hydrogens (tertiary/aromatic N) is 1. The van der Waals surface area contributed by atoms with E-state index in [1.54, 1.807) is 0 Å². The van der Waals surface area contributed by atoms with E-state index in [1.165, 1.54) is 19.1 Å². The topological polar surface area (TPSA) is 87.9 Å². The van der Waals surface area contributed by atoms with Gasteiger partial charge in [0.1, 0.15) is 13.2 Å². The van der Waals surface area contributed by atoms with Crippen LogP contribution in [0.25, 0.3) is 0 Å². The van der Waals surface area contributed by atoms with Crippen LogP contribution in [0.3, 0.4) is 0 Å². The van der Waals surface area contributed by atoms with Gasteiger partial charge in [-0.15, -0.1) is 0 Å². The van der Waals surface area contributed by atoms with Crippen LogP contribution in [0.5, 0.6) is 17.2 Å². The SMILES string of the molecule is CC(=O)Oc1cc2c(cc1[N+](=O)[O-])OCCO2. The third-order valence-electron chi connectivity index (χ3n) is 2.07. The molecule has 0 aliphatic carbocycles. The molecule has 1 heterocycles. The molecule has 0 saturated heterocycles. The van der Waals surface area contributed by atoms with Crippen LogP contribution in [0.1, 0.15) is 6.92 Å². The highest BCUT2D eigenvalue weighted by atomic mass is 16.6. The van der Waals surface area contributed by atoms with E-state index in [0.717, 1.165) is 0 Å². The zero-order chi connectivity index (χ0) is 12.4. The van der Waals surface area contributed by atoms with Gasteiger partial charge in [0, 0.05) is 13.0 Å². The Kier molecular flexibility index (Phi) is 2.82. The van der Waals surface area contributed by atoms with Crippen LogP contribution in [0.15, 0.2) is 12.1 Å². The van der Waals surface area contributed by atoms with Crippen LogP contribution < -0.4 is 14.2 Å². The van der Waals surface area contributed by atoms with Crippen molar-refractivity contribution in [3.63, 3.8) is 0 Å². The van der Waals surface area contributed by atoms with E-state index in [9.17, 15) is 14.9 Å². The zero-order valence-corrected chi connectivity index (χ0v) is 8.97. The summed E-state index contributed by atoms with van der Waals surface area (Å²) in [5, 5.41) is 10.8. The Hall–Kier alpha value is -2.31. The first kappa shape index (κ1) is 11.2. The fourth-order valence-electron chi connectivity index (χ4n) is 1.44. The molecule has 2 rings (SSSR count). The van der Waals surface area contributed by atoms with Crippen LogP contribution in [0, 0.1) is 10.1 Å². The molecule has 90 valence electrons. The molecule has 7 heteroatoms. The predicted octanol–water partition coefficient (Wildman–Crippen LogP) is 1.29. The highest BCUT2D eigenvalue weighted by Crippen LogP contribution is 2.40. The number of benzene rings is 1. The molecule has 0 bridgehead atoms. The van der Waals surface area contributed by atoms with E-state index >= 15 is 0 Å². The number of ether oxygens (including phenoxy) is 3. The maximum absolute atomic E-state index is 10.8. The van der Waals surface area contributed by atoms with Crippen molar-refractivity contribution in [3.8, 4) is 17.2 Å². The summed E-state index contributed by atoms with van der Waals surface area (Å²) < 4.78 is 15.2. The van der Waals surface area contributed by atoms with Crippen LogP contribution in [-0.2, 0) is 4.79 Å². The van der Waals surface area contributed by atoms with Gasteiger partial charge in [0.25, 0.3) is 0 Å². The van der Waals surface area contributed by atoms with Crippen molar-refractivity contribution in [2.45, 2.75) is 6.92 Å². The largest absolute Gasteiger partial charge is 0.486 e. The summed E-state index contributed by atoms with van der Waals surface area (Å²) in [6.07, 6.45) is 0. The number of rotatable bonds is 2. The molecule has 17 heavy (non-hydrogen) atoms. The summed E-state index contributed by atoms with van der Waals surface area (Å²) in [4.78, 5) is 21.0. The van der Waals surface area contributed by atoms with Crippen LogP contribution >= 0.6 is 0 Å². The lowest BCUT2D eigenvalue weighted by molar-refractivity contribution is -0.385. The second kappa shape index (κ2) is 4.28. The fraction of sp³-hybridized carbons (Fsp3) is 0.300. The average molecular weight is 239 g/mol. The fourth-order valence-corrected chi connectivity index (χ4v) is 1.44. The molecule has 0 unspecified atom stereocenters. The first-order valence-corrected chi connectivity index (χ1v) is 4.84. The minimum Gasteiger partial charge on any atom is -0.486 e. The minimum atomic E-state index is -0.642. The van der Waals surface area contributed by atoms with Gasteiger partial charge in [-0.2, -0.15) is 0 Å². The summed E-state index contributed by atoms with van der Waals surface area (Å²) in [7, 11) is 0. The first-order valence-electron chi connectivity index (χ1n) is 4.84. The van der Waals surface area contributed by atoms with Crippen molar-refractivity contribution in [2.75, 3.05) is 13.2 Å². The normalized spacial score (nSPS) is 13.0. The van der Waals surface area contributed by atoms with Gasteiger partial charge in [-0.25, -0.2) is 0 Å². The van der Waals surface area contributed by atoms with Crippen molar-refractivity contribution in [3.05, 3.63) is 22.2 Å². The summed E-state index contributed by atoms with van der Waals surface area (Å²) in [5.74, 6) is -0.173. The molecule has 0 radical (unpaired) electrons. The second-order valence-electron chi connectivity index (χ2n) is 3.31. The lowest BCUT2D eigenvalue weighted by Crippen LogP contribution is -2.16. The van der Waals surface area contributed by atoms with Crippen molar-refractivity contribution in [1.29, 1.82) is 0 Å². The van der Waals surface area contributed by atoms with E-state index in [-0.39, 0.29) is 17.2 Å². The highest BCUT2D eigenvalue weighted by Gasteiger charge is 2.24. The molecule has 1 aliphatic rings. The Balaban J connectivity index is 2.47. The number of carbonyl (C=O) groups is 1. The van der Waals surface area contributed by atoms with Gasteiger partial charge >= 0.3 is 11.7 Å². The Labute approximate surface area is 96.0 Å². The zero-order valence-electron chi connectivity index (χ0n) is 8.97. The molecule has 0 spiro atoms. The number of esters is 1. The molecule has 0 saturated carbocycles. The van der Waals surface area contributed by atoms with Gasteiger partial charge in [0.05, 0.1) is 11.0 Å². The van der Waals surface area contributed by atoms with Gasteiger partial charge in [-0.05, 0) is 0 Å². The maximum Gasteiger partial charge on any atom is 0.315 e. The number of fused-ring (bicyclic) bond motifs is 1. The number of nitro benzene ring substituents is 1. The molecule has 1 aliphatic heterocycles. The number of carbonyl (C=O) groups excluding carboxylic acids is 1. The molecule has 0 N–H and O–H groups in total. The van der Waals surface area contributed by atoms with E-state index in [1.807, 2.05) is 0 Å². The predicted molar refractivity (Wildman–Crippen MR) is 55.4 cm³/mol. The van der Waals surface area contributed by atoms with Gasteiger partial charge in [0.15, 0.2) is 11.5 Å². The van der Waals surface area contributed by atoms with Gasteiger partial charge in [-0.1, -0.05) is 0 Å². The lowest BCUT2D eigenvalue weighted by Gasteiger charge is -2.18. The Morgan fingerprint density at radius 1 is 1.35 bits per heavy atom. The summed E-state index contributed by atoms with van der Waals surface area (Å²) in [6.45, 7) is 1.85. The molecular weight excluding hydrogens is 230 g/mol. The second-order valence-corrected chi connectivity index (χ2v) is 3.31. The van der Waals surface area contributed by atoms with Gasteiger partial charge < -0.3 is 14.2 Å². The van der Waals surface area contributed by atoms with E-state index in [0.29, 0.717) is 19.0 Å². The lowest BCUT2D eigenvalue weighted by atomic mass is 10.2. The van der Waals surface area contributed by atoms with E-state index in [4.69, 9.17) is 14.2 Å². The molecular formula is C10H9NO6. The molecule has 0 aromatic heterocycles. The molecule has 7 nitrogen and oxygen atoms in total. The molecule has 0 fully saturated rings. The van der Waals surface area contributed by atoms with Crippen molar-refractivity contribution in [1.82, 2.24) is 0 Å². The molecule has 1 aromatic carbocycles. The standard InChI is InChI=1S/C10H9NO6/c1-6(12)17-8-5-10-9(15-2-3-16-10)4-7(8)11(13)14/h4-5H,2-3H2,1H3. The maximum atomic E-state index is 10.8. The Morgan fingerprint density at radius 2 is 1.94 bits per heavy atom.